The molecule has 7 nitrogen and oxygen atoms in total. The summed E-state index contributed by atoms with van der Waals surface area (Å²) in [5, 5.41) is 16.4. The van der Waals surface area contributed by atoms with Crippen LogP contribution in [0.15, 0.2) is 0 Å². The van der Waals surface area contributed by atoms with Crippen molar-refractivity contribution in [2.45, 2.75) is 32.0 Å². The van der Waals surface area contributed by atoms with Gasteiger partial charge in [-0.05, 0) is 19.8 Å². The number of amides is 1. The molecular formula is C11H13F3N4O3. The zero-order valence-corrected chi connectivity index (χ0v) is 11.1. The molecule has 1 aliphatic heterocycles. The van der Waals surface area contributed by atoms with Gasteiger partial charge >= 0.3 is 18.1 Å². The van der Waals surface area contributed by atoms with E-state index >= 15 is 0 Å². The van der Waals surface area contributed by atoms with Crippen molar-refractivity contribution in [3.63, 3.8) is 0 Å². The molecule has 1 N–H and O–H groups in total. The summed E-state index contributed by atoms with van der Waals surface area (Å²) in [5.41, 5.74) is 0.0167. The highest BCUT2D eigenvalue weighted by Gasteiger charge is 2.44. The largest absolute Gasteiger partial charge is 0.476 e. The minimum atomic E-state index is -4.93. The third-order valence-electron chi connectivity index (χ3n) is 3.34. The molecule has 21 heavy (non-hydrogen) atoms. The normalized spacial score (nSPS) is 19.6. The molecule has 1 unspecified atom stereocenters. The maximum absolute atomic E-state index is 12.5. The molecule has 10 heteroatoms. The molecule has 0 aliphatic carbocycles. The third-order valence-corrected chi connectivity index (χ3v) is 3.34. The summed E-state index contributed by atoms with van der Waals surface area (Å²) in [5.74, 6) is -3.17. The Morgan fingerprint density at radius 3 is 2.62 bits per heavy atom. The van der Waals surface area contributed by atoms with E-state index in [0.29, 0.717) is 17.7 Å². The van der Waals surface area contributed by atoms with Gasteiger partial charge in [-0.25, -0.2) is 9.48 Å². The summed E-state index contributed by atoms with van der Waals surface area (Å²) in [6, 6.07) is -0.627. The van der Waals surface area contributed by atoms with Gasteiger partial charge in [0.2, 0.25) is 0 Å². The average molecular weight is 306 g/mol. The first kappa shape index (κ1) is 15.3. The number of aromatic nitrogens is 3. The van der Waals surface area contributed by atoms with Gasteiger partial charge < -0.3 is 10.0 Å². The minimum absolute atomic E-state index is 0.00900. The van der Waals surface area contributed by atoms with Gasteiger partial charge in [-0.2, -0.15) is 13.2 Å². The van der Waals surface area contributed by atoms with Gasteiger partial charge in [0.1, 0.15) is 0 Å². The van der Waals surface area contributed by atoms with Gasteiger partial charge in [0.05, 0.1) is 11.7 Å². The molecule has 1 aromatic heterocycles. The number of carboxylic acids is 1. The zero-order valence-electron chi connectivity index (χ0n) is 11.1. The van der Waals surface area contributed by atoms with Crippen LogP contribution in [0, 0.1) is 6.92 Å². The monoisotopic (exact) mass is 306 g/mol. The first-order chi connectivity index (χ1) is 9.71. The number of likely N-dealkylation sites (tertiary alicyclic amines) is 1. The first-order valence-electron chi connectivity index (χ1n) is 6.23. The molecule has 0 bridgehead atoms. The maximum atomic E-state index is 12.5. The third kappa shape index (κ3) is 2.98. The van der Waals surface area contributed by atoms with E-state index in [9.17, 15) is 22.8 Å². The molecule has 1 fully saturated rings. The lowest BCUT2D eigenvalue weighted by Gasteiger charge is -2.33. The molecule has 0 aromatic carbocycles. The number of nitrogens with zero attached hydrogens (tertiary/aromatic N) is 4. The minimum Gasteiger partial charge on any atom is -0.476 e. The van der Waals surface area contributed by atoms with Crippen molar-refractivity contribution in [3.8, 4) is 0 Å². The van der Waals surface area contributed by atoms with Gasteiger partial charge in [-0.3, -0.25) is 4.79 Å². The number of halogens is 3. The molecule has 0 saturated carbocycles. The fraction of sp³-hybridized carbons (Fsp3) is 0.636. The molecule has 1 amide bonds. The second-order valence-electron chi connectivity index (χ2n) is 4.82. The van der Waals surface area contributed by atoms with Crippen molar-refractivity contribution < 1.29 is 27.9 Å². The van der Waals surface area contributed by atoms with Crippen LogP contribution in [0.2, 0.25) is 0 Å². The van der Waals surface area contributed by atoms with Crippen LogP contribution in [-0.2, 0) is 4.79 Å². The van der Waals surface area contributed by atoms with E-state index in [1.807, 2.05) is 0 Å². The van der Waals surface area contributed by atoms with Gasteiger partial charge in [0.25, 0.3) is 0 Å². The summed E-state index contributed by atoms with van der Waals surface area (Å²) in [7, 11) is 0. The lowest BCUT2D eigenvalue weighted by molar-refractivity contribution is -0.187. The fourth-order valence-electron chi connectivity index (χ4n) is 2.40. The highest BCUT2D eigenvalue weighted by atomic mass is 19.4. The van der Waals surface area contributed by atoms with Crippen LogP contribution in [0.4, 0.5) is 13.2 Å². The van der Waals surface area contributed by atoms with Gasteiger partial charge in [0.15, 0.2) is 5.69 Å². The highest BCUT2D eigenvalue weighted by Crippen LogP contribution is 2.27. The second kappa shape index (κ2) is 5.34. The summed E-state index contributed by atoms with van der Waals surface area (Å²) < 4.78 is 38.5. The highest BCUT2D eigenvalue weighted by molar-refractivity contribution is 5.86. The quantitative estimate of drug-likeness (QED) is 0.881. The molecule has 1 saturated heterocycles. The topological polar surface area (TPSA) is 88.3 Å². The lowest BCUT2D eigenvalue weighted by atomic mass is 10.1. The molecule has 1 aliphatic rings. The molecule has 1 aromatic rings. The maximum Gasteiger partial charge on any atom is 0.471 e. The molecule has 2 rings (SSSR count). The lowest BCUT2D eigenvalue weighted by Crippen LogP contribution is -2.47. The first-order valence-corrected chi connectivity index (χ1v) is 6.23. The van der Waals surface area contributed by atoms with Crippen molar-refractivity contribution in [1.82, 2.24) is 19.9 Å². The standard InChI is InChI=1S/C11H13F3N4O3/c1-6-8(9(19)20)18(16-15-6)7-3-2-4-17(5-7)10(21)11(12,13)14/h7H,2-5H2,1H3,(H,19,20). The Labute approximate surface area is 117 Å². The summed E-state index contributed by atoms with van der Waals surface area (Å²) in [4.78, 5) is 23.1. The number of aryl methyl sites for hydroxylation is 1. The Kier molecular flexibility index (Phi) is 3.88. The number of carboxylic acid groups (broad SMARTS) is 1. The SMILES string of the molecule is Cc1nnn(C2CCCN(C(=O)C(F)(F)F)C2)c1C(=O)O. The predicted octanol–water partition coefficient (Wildman–Crippen LogP) is 1.01. The zero-order chi connectivity index (χ0) is 15.8. The van der Waals surface area contributed by atoms with E-state index in [1.54, 1.807) is 0 Å². The van der Waals surface area contributed by atoms with E-state index < -0.39 is 24.1 Å². The van der Waals surface area contributed by atoms with Gasteiger partial charge in [0, 0.05) is 13.1 Å². The smallest absolute Gasteiger partial charge is 0.471 e. The van der Waals surface area contributed by atoms with Crippen LogP contribution in [-0.4, -0.2) is 56.1 Å². The Morgan fingerprint density at radius 1 is 1.38 bits per heavy atom. The number of aromatic carboxylic acids is 1. The number of hydrogen-bond acceptors (Lipinski definition) is 4. The van der Waals surface area contributed by atoms with E-state index in [0.717, 1.165) is 4.68 Å². The van der Waals surface area contributed by atoms with Crippen molar-refractivity contribution in [1.29, 1.82) is 0 Å². The Balaban J connectivity index is 2.23. The number of piperidine rings is 1. The van der Waals surface area contributed by atoms with Crippen molar-refractivity contribution >= 4 is 11.9 Å². The number of hydrogen-bond donors (Lipinski definition) is 1. The summed E-state index contributed by atoms with van der Waals surface area (Å²) in [6.07, 6.45) is -4.16. The number of rotatable bonds is 2. The van der Waals surface area contributed by atoms with E-state index in [2.05, 4.69) is 10.3 Å². The Bertz CT molecular complexity index is 570. The van der Waals surface area contributed by atoms with Crippen LogP contribution in [0.1, 0.15) is 35.1 Å². The van der Waals surface area contributed by atoms with Crippen LogP contribution >= 0.6 is 0 Å². The summed E-state index contributed by atoms with van der Waals surface area (Å²) >= 11 is 0. The predicted molar refractivity (Wildman–Crippen MR) is 62.6 cm³/mol. The second-order valence-corrected chi connectivity index (χ2v) is 4.82. The van der Waals surface area contributed by atoms with Gasteiger partial charge in [-0.1, -0.05) is 5.21 Å². The number of alkyl halides is 3. The molecule has 0 spiro atoms. The molecule has 116 valence electrons. The number of carbonyl (C=O) groups excluding carboxylic acids is 1. The Morgan fingerprint density at radius 2 is 2.05 bits per heavy atom. The van der Waals surface area contributed by atoms with Crippen molar-refractivity contribution in [3.05, 3.63) is 11.4 Å². The van der Waals surface area contributed by atoms with Crippen LogP contribution in [0.5, 0.6) is 0 Å². The van der Waals surface area contributed by atoms with E-state index in [1.165, 1.54) is 6.92 Å². The van der Waals surface area contributed by atoms with Crippen LogP contribution < -0.4 is 0 Å². The summed E-state index contributed by atoms with van der Waals surface area (Å²) in [6.45, 7) is 1.21. The van der Waals surface area contributed by atoms with Crippen LogP contribution in [0.25, 0.3) is 0 Å². The van der Waals surface area contributed by atoms with Crippen LogP contribution in [0.3, 0.4) is 0 Å². The molecule has 0 radical (unpaired) electrons. The number of carbonyl (C=O) groups is 2. The molecule has 2 heterocycles. The fourth-order valence-corrected chi connectivity index (χ4v) is 2.40. The average Bonchev–Trinajstić information content (AvgIpc) is 2.79. The molecular weight excluding hydrogens is 293 g/mol. The Hall–Kier alpha value is -2.13. The molecule has 1 atom stereocenters. The van der Waals surface area contributed by atoms with Crippen molar-refractivity contribution in [2.75, 3.05) is 13.1 Å². The van der Waals surface area contributed by atoms with Crippen molar-refractivity contribution in [2.24, 2.45) is 0 Å². The van der Waals surface area contributed by atoms with Gasteiger partial charge in [-0.15, -0.1) is 5.10 Å². The van der Waals surface area contributed by atoms with E-state index in [-0.39, 0.29) is 24.5 Å². The van der Waals surface area contributed by atoms with E-state index in [4.69, 9.17) is 5.11 Å².